The molecule has 0 aromatic carbocycles. The van der Waals surface area contributed by atoms with Gasteiger partial charge in [-0.3, -0.25) is 10.1 Å². The fourth-order valence-electron chi connectivity index (χ4n) is 1.63. The Bertz CT molecular complexity index is 260. The van der Waals surface area contributed by atoms with Crippen molar-refractivity contribution in [2.24, 2.45) is 0 Å². The van der Waals surface area contributed by atoms with Crippen LogP contribution in [0.4, 0.5) is 4.79 Å². The highest BCUT2D eigenvalue weighted by Gasteiger charge is 2.26. The number of nitrogens with zero attached hydrogens (tertiary/aromatic N) is 2. The summed E-state index contributed by atoms with van der Waals surface area (Å²) in [6.07, 6.45) is 0.940. The van der Waals surface area contributed by atoms with Crippen LogP contribution in [0.25, 0.3) is 0 Å². The molecule has 3 amide bonds. The van der Waals surface area contributed by atoms with Crippen LogP contribution in [0.3, 0.4) is 0 Å². The fraction of sp³-hybridized carbons (Fsp3) is 0.778. The Morgan fingerprint density at radius 3 is 2.73 bits per heavy atom. The lowest BCUT2D eigenvalue weighted by Gasteiger charge is -2.24. The SMILES string of the molecule is CN1CCC(N(C)C(=O)NC(=O)CCl)C1. The summed E-state index contributed by atoms with van der Waals surface area (Å²) in [5, 5.41) is 2.22. The van der Waals surface area contributed by atoms with Crippen LogP contribution >= 0.6 is 11.6 Å². The summed E-state index contributed by atoms with van der Waals surface area (Å²) >= 11 is 5.29. The normalized spacial score (nSPS) is 21.4. The van der Waals surface area contributed by atoms with E-state index in [0.29, 0.717) is 0 Å². The van der Waals surface area contributed by atoms with Crippen molar-refractivity contribution < 1.29 is 9.59 Å². The number of rotatable bonds is 2. The molecule has 0 spiro atoms. The number of alkyl halides is 1. The van der Waals surface area contributed by atoms with Gasteiger partial charge < -0.3 is 9.80 Å². The van der Waals surface area contributed by atoms with Crippen LogP contribution in [0.1, 0.15) is 6.42 Å². The van der Waals surface area contributed by atoms with Crippen LogP contribution in [0.15, 0.2) is 0 Å². The summed E-state index contributed by atoms with van der Waals surface area (Å²) in [6, 6.07) is -0.195. The van der Waals surface area contributed by atoms with Crippen molar-refractivity contribution in [3.05, 3.63) is 0 Å². The second-order valence-corrected chi connectivity index (χ2v) is 4.07. The van der Waals surface area contributed by atoms with Crippen molar-refractivity contribution in [2.45, 2.75) is 12.5 Å². The molecular weight excluding hydrogens is 218 g/mol. The van der Waals surface area contributed by atoms with Gasteiger partial charge >= 0.3 is 6.03 Å². The highest BCUT2D eigenvalue weighted by atomic mass is 35.5. The van der Waals surface area contributed by atoms with E-state index in [1.54, 1.807) is 11.9 Å². The van der Waals surface area contributed by atoms with E-state index in [-0.39, 0.29) is 18.0 Å². The molecule has 1 saturated heterocycles. The third kappa shape index (κ3) is 3.35. The average Bonchev–Trinajstić information content (AvgIpc) is 2.63. The van der Waals surface area contributed by atoms with Gasteiger partial charge in [0.2, 0.25) is 5.91 Å². The smallest absolute Gasteiger partial charge is 0.323 e. The molecule has 1 N–H and O–H groups in total. The number of carbonyl (C=O) groups excluding carboxylic acids is 2. The number of hydrogen-bond acceptors (Lipinski definition) is 3. The Labute approximate surface area is 94.3 Å². The molecule has 1 atom stereocenters. The minimum absolute atomic E-state index is 0.179. The van der Waals surface area contributed by atoms with Crippen molar-refractivity contribution in [2.75, 3.05) is 33.1 Å². The Morgan fingerprint density at radius 1 is 1.60 bits per heavy atom. The molecule has 0 bridgehead atoms. The lowest BCUT2D eigenvalue weighted by molar-refractivity contribution is -0.117. The summed E-state index contributed by atoms with van der Waals surface area (Å²) in [5.41, 5.74) is 0. The number of urea groups is 1. The molecule has 1 aliphatic heterocycles. The first-order valence-corrected chi connectivity index (χ1v) is 5.39. The van der Waals surface area contributed by atoms with Crippen LogP contribution < -0.4 is 5.32 Å². The second-order valence-electron chi connectivity index (χ2n) is 3.80. The van der Waals surface area contributed by atoms with Crippen LogP contribution in [0.5, 0.6) is 0 Å². The van der Waals surface area contributed by atoms with E-state index in [1.807, 2.05) is 7.05 Å². The van der Waals surface area contributed by atoms with Gasteiger partial charge in [-0.1, -0.05) is 0 Å². The van der Waals surface area contributed by atoms with Gasteiger partial charge in [-0.25, -0.2) is 4.79 Å². The molecule has 1 aliphatic rings. The predicted molar refractivity (Wildman–Crippen MR) is 57.9 cm³/mol. The van der Waals surface area contributed by atoms with E-state index in [9.17, 15) is 9.59 Å². The van der Waals surface area contributed by atoms with Gasteiger partial charge in [-0.15, -0.1) is 11.6 Å². The first-order valence-electron chi connectivity index (χ1n) is 4.85. The number of hydrogen-bond donors (Lipinski definition) is 1. The van der Waals surface area contributed by atoms with E-state index in [2.05, 4.69) is 10.2 Å². The molecule has 0 aromatic heterocycles. The maximum Gasteiger partial charge on any atom is 0.324 e. The van der Waals surface area contributed by atoms with Gasteiger partial charge in [0, 0.05) is 19.6 Å². The van der Waals surface area contributed by atoms with E-state index < -0.39 is 5.91 Å². The molecule has 0 aromatic rings. The third-order valence-corrected chi connectivity index (χ3v) is 2.84. The Balaban J connectivity index is 2.42. The second kappa shape index (κ2) is 5.32. The van der Waals surface area contributed by atoms with Crippen molar-refractivity contribution in [1.29, 1.82) is 0 Å². The minimum Gasteiger partial charge on any atom is -0.323 e. The van der Waals surface area contributed by atoms with E-state index in [4.69, 9.17) is 11.6 Å². The molecular formula is C9H16ClN3O2. The molecule has 0 radical (unpaired) electrons. The number of likely N-dealkylation sites (N-methyl/N-ethyl adjacent to an activating group) is 2. The quantitative estimate of drug-likeness (QED) is 0.689. The summed E-state index contributed by atoms with van der Waals surface area (Å²) < 4.78 is 0. The monoisotopic (exact) mass is 233 g/mol. The topological polar surface area (TPSA) is 52.6 Å². The summed E-state index contributed by atoms with van der Waals surface area (Å²) in [5.74, 6) is -0.649. The van der Waals surface area contributed by atoms with Crippen molar-refractivity contribution in [1.82, 2.24) is 15.1 Å². The molecule has 86 valence electrons. The van der Waals surface area contributed by atoms with Crippen LogP contribution in [0.2, 0.25) is 0 Å². The van der Waals surface area contributed by atoms with Crippen LogP contribution in [-0.4, -0.2) is 60.8 Å². The number of halogens is 1. The zero-order valence-corrected chi connectivity index (χ0v) is 9.75. The van der Waals surface area contributed by atoms with Gasteiger partial charge in [-0.2, -0.15) is 0 Å². The van der Waals surface area contributed by atoms with Gasteiger partial charge in [0.15, 0.2) is 0 Å². The maximum atomic E-state index is 11.5. The molecule has 0 aliphatic carbocycles. The lowest BCUT2D eigenvalue weighted by atomic mass is 10.2. The van der Waals surface area contributed by atoms with Crippen LogP contribution in [-0.2, 0) is 4.79 Å². The third-order valence-electron chi connectivity index (χ3n) is 2.60. The summed E-state index contributed by atoms with van der Waals surface area (Å²) in [6.45, 7) is 1.82. The number of nitrogens with one attached hydrogen (secondary N) is 1. The number of likely N-dealkylation sites (tertiary alicyclic amines) is 1. The van der Waals surface area contributed by atoms with Crippen molar-refractivity contribution in [3.8, 4) is 0 Å². The first kappa shape index (κ1) is 12.3. The first-order chi connectivity index (χ1) is 7.04. The molecule has 1 unspecified atom stereocenters. The average molecular weight is 234 g/mol. The highest BCUT2D eigenvalue weighted by Crippen LogP contribution is 2.12. The minimum atomic E-state index is -0.458. The van der Waals surface area contributed by atoms with Gasteiger partial charge in [0.25, 0.3) is 0 Å². The molecule has 1 fully saturated rings. The molecule has 1 rings (SSSR count). The number of carbonyl (C=O) groups is 2. The molecule has 15 heavy (non-hydrogen) atoms. The van der Waals surface area contributed by atoms with E-state index in [0.717, 1.165) is 19.5 Å². The Morgan fingerprint density at radius 2 is 2.27 bits per heavy atom. The standard InChI is InChI=1S/C9H16ClN3O2/c1-12-4-3-7(6-12)13(2)9(15)11-8(14)5-10/h7H,3-6H2,1-2H3,(H,11,14,15). The van der Waals surface area contributed by atoms with Gasteiger partial charge in [-0.05, 0) is 20.0 Å². The largest absolute Gasteiger partial charge is 0.324 e. The molecule has 1 heterocycles. The zero-order chi connectivity index (χ0) is 11.4. The summed E-state index contributed by atoms with van der Waals surface area (Å²) in [4.78, 5) is 26.1. The maximum absolute atomic E-state index is 11.5. The van der Waals surface area contributed by atoms with Crippen LogP contribution in [0, 0.1) is 0 Å². The fourth-order valence-corrected chi connectivity index (χ4v) is 1.70. The molecule has 5 nitrogen and oxygen atoms in total. The molecule has 0 saturated carbocycles. The van der Waals surface area contributed by atoms with Crippen molar-refractivity contribution >= 4 is 23.5 Å². The highest BCUT2D eigenvalue weighted by molar-refractivity contribution is 6.28. The van der Waals surface area contributed by atoms with E-state index in [1.165, 1.54) is 0 Å². The van der Waals surface area contributed by atoms with Gasteiger partial charge in [0.1, 0.15) is 5.88 Å². The number of imide groups is 1. The summed E-state index contributed by atoms with van der Waals surface area (Å²) in [7, 11) is 3.70. The Kier molecular flexibility index (Phi) is 4.35. The van der Waals surface area contributed by atoms with Crippen molar-refractivity contribution in [3.63, 3.8) is 0 Å². The molecule has 6 heteroatoms. The predicted octanol–water partition coefficient (Wildman–Crippen LogP) is 0.0973. The zero-order valence-electron chi connectivity index (χ0n) is 8.99. The number of amides is 3. The Hall–Kier alpha value is -0.810. The van der Waals surface area contributed by atoms with Gasteiger partial charge in [0.05, 0.1) is 0 Å². The lowest BCUT2D eigenvalue weighted by Crippen LogP contribution is -2.46. The van der Waals surface area contributed by atoms with E-state index >= 15 is 0 Å².